The minimum Gasteiger partial charge on any atom is -0.481 e. The first kappa shape index (κ1) is 12.8. The summed E-state index contributed by atoms with van der Waals surface area (Å²) in [7, 11) is 1.56. The Morgan fingerprint density at radius 1 is 1.50 bits per heavy atom. The Balaban J connectivity index is 1.99. The van der Waals surface area contributed by atoms with Crippen LogP contribution in [0.25, 0.3) is 0 Å². The Hall–Kier alpha value is -1.66. The van der Waals surface area contributed by atoms with Gasteiger partial charge in [0.25, 0.3) is 0 Å². The number of aliphatic hydroxyl groups is 1. The Morgan fingerprint density at radius 2 is 2.33 bits per heavy atom. The van der Waals surface area contributed by atoms with Crippen LogP contribution in [-0.4, -0.2) is 28.7 Å². The van der Waals surface area contributed by atoms with E-state index in [0.717, 1.165) is 5.56 Å². The second kappa shape index (κ2) is 5.79. The number of aromatic nitrogens is 2. The number of nitrogens with one attached hydrogen (secondary N) is 1. The molecule has 0 aliphatic carbocycles. The Bertz CT molecular complexity index is 502. The van der Waals surface area contributed by atoms with Gasteiger partial charge in [-0.3, -0.25) is 0 Å². The van der Waals surface area contributed by atoms with E-state index in [0.29, 0.717) is 24.1 Å². The molecular formula is C12H15N3O2S. The van der Waals surface area contributed by atoms with Crippen LogP contribution in [0.3, 0.4) is 0 Å². The van der Waals surface area contributed by atoms with Crippen LogP contribution < -0.4 is 10.1 Å². The summed E-state index contributed by atoms with van der Waals surface area (Å²) in [5, 5.41) is 16.9. The second-order valence-electron chi connectivity index (χ2n) is 3.80. The van der Waals surface area contributed by atoms with Crippen molar-refractivity contribution in [1.82, 2.24) is 9.97 Å². The van der Waals surface area contributed by atoms with Crippen LogP contribution in [0.2, 0.25) is 0 Å². The Labute approximate surface area is 109 Å². The van der Waals surface area contributed by atoms with E-state index in [4.69, 9.17) is 4.74 Å². The van der Waals surface area contributed by atoms with Crippen LogP contribution >= 0.6 is 11.3 Å². The first-order valence-corrected chi connectivity index (χ1v) is 6.47. The third kappa shape index (κ3) is 3.18. The molecule has 2 aromatic rings. The predicted molar refractivity (Wildman–Crippen MR) is 71.1 cm³/mol. The highest BCUT2D eigenvalue weighted by Crippen LogP contribution is 2.18. The molecule has 0 fully saturated rings. The van der Waals surface area contributed by atoms with Crippen LogP contribution in [0.15, 0.2) is 22.9 Å². The number of aliphatic hydroxyl groups excluding tert-OH is 1. The molecule has 5 nitrogen and oxygen atoms in total. The van der Waals surface area contributed by atoms with Crippen molar-refractivity contribution in [3.63, 3.8) is 0 Å². The van der Waals surface area contributed by atoms with Crippen LogP contribution in [0.4, 0.5) is 5.82 Å². The maximum atomic E-state index is 9.94. The van der Waals surface area contributed by atoms with Gasteiger partial charge in [-0.2, -0.15) is 16.3 Å². The van der Waals surface area contributed by atoms with E-state index in [9.17, 15) is 5.11 Å². The lowest BCUT2D eigenvalue weighted by Crippen LogP contribution is -2.13. The number of methoxy groups -OCH3 is 1. The van der Waals surface area contributed by atoms with Gasteiger partial charge in [0.15, 0.2) is 0 Å². The molecule has 0 aliphatic heterocycles. The summed E-state index contributed by atoms with van der Waals surface area (Å²) >= 11 is 1.56. The van der Waals surface area contributed by atoms with E-state index in [1.165, 1.54) is 0 Å². The second-order valence-corrected chi connectivity index (χ2v) is 4.58. The summed E-state index contributed by atoms with van der Waals surface area (Å²) in [5.74, 6) is 1.78. The highest BCUT2D eigenvalue weighted by atomic mass is 32.1. The van der Waals surface area contributed by atoms with Gasteiger partial charge < -0.3 is 15.2 Å². The van der Waals surface area contributed by atoms with E-state index in [2.05, 4.69) is 15.3 Å². The SMILES string of the molecule is COc1cc(NCC(O)c2ccsc2)nc(C)n1. The van der Waals surface area contributed by atoms with Gasteiger partial charge in [0.1, 0.15) is 11.6 Å². The van der Waals surface area contributed by atoms with Gasteiger partial charge in [0.2, 0.25) is 5.88 Å². The molecule has 0 saturated heterocycles. The fraction of sp³-hybridized carbons (Fsp3) is 0.333. The number of ether oxygens (including phenoxy) is 1. The zero-order valence-electron chi connectivity index (χ0n) is 10.3. The van der Waals surface area contributed by atoms with Crippen molar-refractivity contribution in [2.45, 2.75) is 13.0 Å². The van der Waals surface area contributed by atoms with Crippen LogP contribution in [-0.2, 0) is 0 Å². The topological polar surface area (TPSA) is 67.3 Å². The standard InChI is InChI=1S/C12H15N3O2S/c1-8-14-11(5-12(15-8)17-2)13-6-10(16)9-3-4-18-7-9/h3-5,7,10,16H,6H2,1-2H3,(H,13,14,15). The third-order valence-corrected chi connectivity index (χ3v) is 3.13. The monoisotopic (exact) mass is 265 g/mol. The van der Waals surface area contributed by atoms with Crippen LogP contribution in [0.1, 0.15) is 17.5 Å². The van der Waals surface area contributed by atoms with Crippen molar-refractivity contribution >= 4 is 17.2 Å². The summed E-state index contributed by atoms with van der Waals surface area (Å²) in [4.78, 5) is 8.32. The molecule has 0 aliphatic rings. The summed E-state index contributed by atoms with van der Waals surface area (Å²) in [6, 6.07) is 3.61. The average molecular weight is 265 g/mol. The van der Waals surface area contributed by atoms with Crippen molar-refractivity contribution in [2.75, 3.05) is 19.0 Å². The molecule has 1 unspecified atom stereocenters. The van der Waals surface area contributed by atoms with Gasteiger partial charge in [-0.25, -0.2) is 4.98 Å². The van der Waals surface area contributed by atoms with E-state index in [1.807, 2.05) is 16.8 Å². The fourth-order valence-corrected chi connectivity index (χ4v) is 2.23. The van der Waals surface area contributed by atoms with Crippen molar-refractivity contribution in [1.29, 1.82) is 0 Å². The van der Waals surface area contributed by atoms with Crippen LogP contribution in [0.5, 0.6) is 5.88 Å². The zero-order valence-corrected chi connectivity index (χ0v) is 11.1. The molecule has 0 spiro atoms. The number of thiophene rings is 1. The summed E-state index contributed by atoms with van der Waals surface area (Å²) in [6.45, 7) is 2.19. The molecule has 0 bridgehead atoms. The predicted octanol–water partition coefficient (Wildman–Crippen LogP) is 2.00. The lowest BCUT2D eigenvalue weighted by Gasteiger charge is -2.11. The molecule has 1 atom stereocenters. The fourth-order valence-electron chi connectivity index (χ4n) is 1.52. The first-order valence-electron chi connectivity index (χ1n) is 5.52. The largest absolute Gasteiger partial charge is 0.481 e. The van der Waals surface area contributed by atoms with Crippen LogP contribution in [0, 0.1) is 6.92 Å². The number of hydrogen-bond donors (Lipinski definition) is 2. The van der Waals surface area contributed by atoms with E-state index >= 15 is 0 Å². The van der Waals surface area contributed by atoms with Crippen molar-refractivity contribution in [3.8, 4) is 5.88 Å². The van der Waals surface area contributed by atoms with Crippen molar-refractivity contribution < 1.29 is 9.84 Å². The maximum absolute atomic E-state index is 9.94. The average Bonchev–Trinajstić information content (AvgIpc) is 2.89. The highest BCUT2D eigenvalue weighted by molar-refractivity contribution is 7.07. The third-order valence-electron chi connectivity index (χ3n) is 2.43. The van der Waals surface area contributed by atoms with E-state index in [-0.39, 0.29) is 0 Å². The lowest BCUT2D eigenvalue weighted by molar-refractivity contribution is 0.192. The van der Waals surface area contributed by atoms with Crippen molar-refractivity contribution in [2.24, 2.45) is 0 Å². The minimum atomic E-state index is -0.544. The normalized spacial score (nSPS) is 12.2. The van der Waals surface area contributed by atoms with Gasteiger partial charge in [0, 0.05) is 12.6 Å². The smallest absolute Gasteiger partial charge is 0.218 e. The van der Waals surface area contributed by atoms with Crippen molar-refractivity contribution in [3.05, 3.63) is 34.3 Å². The molecule has 96 valence electrons. The molecule has 0 amide bonds. The molecule has 0 saturated carbocycles. The number of anilines is 1. The van der Waals surface area contributed by atoms with Gasteiger partial charge in [-0.15, -0.1) is 0 Å². The number of rotatable bonds is 5. The molecule has 2 rings (SSSR count). The van der Waals surface area contributed by atoms with Gasteiger partial charge in [0.05, 0.1) is 13.2 Å². The minimum absolute atomic E-state index is 0.399. The lowest BCUT2D eigenvalue weighted by atomic mass is 10.2. The summed E-state index contributed by atoms with van der Waals surface area (Å²) in [5.41, 5.74) is 0.908. The van der Waals surface area contributed by atoms with Gasteiger partial charge in [-0.05, 0) is 29.3 Å². The molecule has 0 radical (unpaired) electrons. The zero-order chi connectivity index (χ0) is 13.0. The van der Waals surface area contributed by atoms with Gasteiger partial charge in [-0.1, -0.05) is 0 Å². The number of hydrogen-bond acceptors (Lipinski definition) is 6. The molecule has 2 N–H and O–H groups in total. The summed E-state index contributed by atoms with van der Waals surface area (Å²) in [6.07, 6.45) is -0.544. The van der Waals surface area contributed by atoms with E-state index < -0.39 is 6.10 Å². The Morgan fingerprint density at radius 3 is 3.00 bits per heavy atom. The first-order chi connectivity index (χ1) is 8.69. The molecular weight excluding hydrogens is 250 g/mol. The Kier molecular flexibility index (Phi) is 4.11. The summed E-state index contributed by atoms with van der Waals surface area (Å²) < 4.78 is 5.06. The molecule has 6 heteroatoms. The molecule has 0 aromatic carbocycles. The van der Waals surface area contributed by atoms with E-state index in [1.54, 1.807) is 31.4 Å². The quantitative estimate of drug-likeness (QED) is 0.865. The maximum Gasteiger partial charge on any atom is 0.218 e. The molecule has 2 aromatic heterocycles. The molecule has 18 heavy (non-hydrogen) atoms. The number of nitrogens with zero attached hydrogens (tertiary/aromatic N) is 2. The molecule has 2 heterocycles. The highest BCUT2D eigenvalue weighted by Gasteiger charge is 2.08. The van der Waals surface area contributed by atoms with Gasteiger partial charge >= 0.3 is 0 Å². The number of aryl methyl sites for hydroxylation is 1.